The summed E-state index contributed by atoms with van der Waals surface area (Å²) in [5, 5.41) is 12.6. The third-order valence-electron chi connectivity index (χ3n) is 5.29. The van der Waals surface area contributed by atoms with E-state index in [4.69, 9.17) is 4.74 Å². The largest absolute Gasteiger partial charge is 0.438 e. The molecule has 0 aliphatic heterocycles. The summed E-state index contributed by atoms with van der Waals surface area (Å²) in [6, 6.07) is 28.6. The van der Waals surface area contributed by atoms with Crippen LogP contribution in [0.3, 0.4) is 0 Å². The highest BCUT2D eigenvalue weighted by molar-refractivity contribution is 6.00. The number of hydrogen-bond donors (Lipinski definition) is 2. The number of amides is 2. The zero-order chi connectivity index (χ0) is 25.5. The summed E-state index contributed by atoms with van der Waals surface area (Å²) in [6.45, 7) is 0.393. The molecular formula is C27H21N7O3. The van der Waals surface area contributed by atoms with Crippen molar-refractivity contribution in [2.75, 3.05) is 0 Å². The van der Waals surface area contributed by atoms with Crippen molar-refractivity contribution in [1.29, 1.82) is 0 Å². The number of carbonyl (C=O) groups excluding carboxylic acids is 2. The summed E-state index contributed by atoms with van der Waals surface area (Å²) in [7, 11) is 0. The first-order valence-corrected chi connectivity index (χ1v) is 11.4. The molecule has 3 aromatic carbocycles. The maximum absolute atomic E-state index is 12.7. The van der Waals surface area contributed by atoms with Crippen LogP contribution in [-0.2, 0) is 6.54 Å². The Kier molecular flexibility index (Phi) is 6.89. The Morgan fingerprint density at radius 2 is 1.49 bits per heavy atom. The fourth-order valence-electron chi connectivity index (χ4n) is 3.44. The lowest BCUT2D eigenvalue weighted by atomic mass is 10.1. The number of hydrazine groups is 1. The normalized spacial score (nSPS) is 10.5. The quantitative estimate of drug-likeness (QED) is 0.333. The Balaban J connectivity index is 1.18. The van der Waals surface area contributed by atoms with Crippen molar-refractivity contribution in [1.82, 2.24) is 36.0 Å². The van der Waals surface area contributed by atoms with Crippen LogP contribution in [0.4, 0.5) is 0 Å². The molecule has 2 amide bonds. The number of nitrogens with zero attached hydrogens (tertiary/aromatic N) is 5. The van der Waals surface area contributed by atoms with Gasteiger partial charge in [-0.2, -0.15) is 4.80 Å². The standard InChI is InChI=1S/C27H21N7O3/c35-25(30-31-26(36)23-12-7-17-28-27(23)37-22-10-5-2-6-11-22)21-15-13-19(14-16-21)18-34-32-24(29-33-34)20-8-3-1-4-9-20/h1-17H,18H2,(H,30,35)(H,31,36). The molecule has 10 heteroatoms. The van der Waals surface area contributed by atoms with Crippen molar-refractivity contribution in [2.45, 2.75) is 6.54 Å². The first-order valence-electron chi connectivity index (χ1n) is 11.4. The number of hydrogen-bond acceptors (Lipinski definition) is 7. The second-order valence-electron chi connectivity index (χ2n) is 7.89. The molecular weight excluding hydrogens is 470 g/mol. The maximum atomic E-state index is 12.7. The van der Waals surface area contributed by atoms with Crippen LogP contribution in [0.15, 0.2) is 103 Å². The highest BCUT2D eigenvalue weighted by Crippen LogP contribution is 2.22. The maximum Gasteiger partial charge on any atom is 0.275 e. The Bertz CT molecular complexity index is 1500. The van der Waals surface area contributed by atoms with E-state index < -0.39 is 11.8 Å². The summed E-state index contributed by atoms with van der Waals surface area (Å²) in [6.07, 6.45) is 1.52. The topological polar surface area (TPSA) is 124 Å². The van der Waals surface area contributed by atoms with E-state index in [2.05, 4.69) is 31.2 Å². The number of tetrazole rings is 1. The molecule has 182 valence electrons. The van der Waals surface area contributed by atoms with Gasteiger partial charge >= 0.3 is 0 Å². The minimum atomic E-state index is -0.560. The minimum Gasteiger partial charge on any atom is -0.438 e. The van der Waals surface area contributed by atoms with Crippen LogP contribution in [0.25, 0.3) is 11.4 Å². The summed E-state index contributed by atoms with van der Waals surface area (Å²) < 4.78 is 5.71. The zero-order valence-electron chi connectivity index (χ0n) is 19.5. The lowest BCUT2D eigenvalue weighted by Gasteiger charge is -2.11. The van der Waals surface area contributed by atoms with Gasteiger partial charge in [-0.1, -0.05) is 60.7 Å². The van der Waals surface area contributed by atoms with E-state index in [1.54, 1.807) is 48.5 Å². The van der Waals surface area contributed by atoms with Crippen molar-refractivity contribution < 1.29 is 14.3 Å². The molecule has 0 saturated heterocycles. The summed E-state index contributed by atoms with van der Waals surface area (Å²) >= 11 is 0. The van der Waals surface area contributed by atoms with Gasteiger partial charge in [0.15, 0.2) is 0 Å². The third kappa shape index (κ3) is 5.82. The average Bonchev–Trinajstić information content (AvgIpc) is 3.42. The number of aromatic nitrogens is 5. The Labute approximate surface area is 211 Å². The predicted octanol–water partition coefficient (Wildman–Crippen LogP) is 3.65. The van der Waals surface area contributed by atoms with Crippen molar-refractivity contribution >= 4 is 11.8 Å². The Morgan fingerprint density at radius 1 is 0.784 bits per heavy atom. The molecule has 0 saturated carbocycles. The van der Waals surface area contributed by atoms with Crippen LogP contribution in [-0.4, -0.2) is 37.0 Å². The van der Waals surface area contributed by atoms with E-state index in [0.717, 1.165) is 11.1 Å². The van der Waals surface area contributed by atoms with Crippen molar-refractivity contribution in [3.05, 3.63) is 120 Å². The molecule has 0 aliphatic carbocycles. The molecule has 0 spiro atoms. The van der Waals surface area contributed by atoms with Crippen LogP contribution >= 0.6 is 0 Å². The van der Waals surface area contributed by atoms with Gasteiger partial charge in [-0.3, -0.25) is 20.4 Å². The monoisotopic (exact) mass is 491 g/mol. The average molecular weight is 492 g/mol. The Hall–Kier alpha value is -5.38. The van der Waals surface area contributed by atoms with Gasteiger partial charge in [0.25, 0.3) is 11.8 Å². The molecule has 0 aliphatic rings. The van der Waals surface area contributed by atoms with E-state index >= 15 is 0 Å². The molecule has 2 N–H and O–H groups in total. The molecule has 0 radical (unpaired) electrons. The predicted molar refractivity (Wildman–Crippen MR) is 134 cm³/mol. The minimum absolute atomic E-state index is 0.127. The number of ether oxygens (including phenoxy) is 1. The molecule has 2 aromatic heterocycles. The number of nitrogens with one attached hydrogen (secondary N) is 2. The van der Waals surface area contributed by atoms with Crippen LogP contribution in [0, 0.1) is 0 Å². The third-order valence-corrected chi connectivity index (χ3v) is 5.29. The summed E-state index contributed by atoms with van der Waals surface area (Å²) in [5.74, 6) is 0.173. The molecule has 2 heterocycles. The van der Waals surface area contributed by atoms with Gasteiger partial charge in [-0.05, 0) is 47.2 Å². The molecule has 5 aromatic rings. The van der Waals surface area contributed by atoms with Crippen LogP contribution < -0.4 is 15.6 Å². The van der Waals surface area contributed by atoms with Crippen LogP contribution in [0.1, 0.15) is 26.3 Å². The van der Waals surface area contributed by atoms with E-state index in [9.17, 15) is 9.59 Å². The molecule has 0 atom stereocenters. The zero-order valence-corrected chi connectivity index (χ0v) is 19.5. The molecule has 37 heavy (non-hydrogen) atoms. The second-order valence-corrected chi connectivity index (χ2v) is 7.89. The fraction of sp³-hybridized carbons (Fsp3) is 0.0370. The van der Waals surface area contributed by atoms with E-state index in [1.807, 2.05) is 48.5 Å². The summed E-state index contributed by atoms with van der Waals surface area (Å²) in [5.41, 5.74) is 7.14. The SMILES string of the molecule is O=C(NNC(=O)c1cccnc1Oc1ccccc1)c1ccc(Cn2nnc(-c3ccccc3)n2)cc1. The van der Waals surface area contributed by atoms with Crippen molar-refractivity contribution in [3.8, 4) is 23.0 Å². The van der Waals surface area contributed by atoms with Gasteiger partial charge in [-0.15, -0.1) is 10.2 Å². The van der Waals surface area contributed by atoms with Gasteiger partial charge in [0.1, 0.15) is 11.3 Å². The van der Waals surface area contributed by atoms with Crippen LogP contribution in [0.2, 0.25) is 0 Å². The molecule has 0 bridgehead atoms. The van der Waals surface area contributed by atoms with E-state index in [0.29, 0.717) is 23.7 Å². The number of carbonyl (C=O) groups is 2. The first kappa shape index (κ1) is 23.4. The van der Waals surface area contributed by atoms with E-state index in [1.165, 1.54) is 11.0 Å². The van der Waals surface area contributed by atoms with Crippen LogP contribution in [0.5, 0.6) is 11.6 Å². The van der Waals surface area contributed by atoms with Crippen molar-refractivity contribution in [2.24, 2.45) is 0 Å². The summed E-state index contributed by atoms with van der Waals surface area (Å²) in [4.78, 5) is 30.9. The van der Waals surface area contributed by atoms with Gasteiger partial charge in [-0.25, -0.2) is 4.98 Å². The van der Waals surface area contributed by atoms with Gasteiger partial charge < -0.3 is 4.74 Å². The van der Waals surface area contributed by atoms with Gasteiger partial charge in [0.05, 0.1) is 6.54 Å². The van der Waals surface area contributed by atoms with Gasteiger partial charge in [0.2, 0.25) is 11.7 Å². The first-order chi connectivity index (χ1) is 18.2. The number of pyridine rings is 1. The molecule has 10 nitrogen and oxygen atoms in total. The number of para-hydroxylation sites is 1. The highest BCUT2D eigenvalue weighted by Gasteiger charge is 2.16. The smallest absolute Gasteiger partial charge is 0.275 e. The second kappa shape index (κ2) is 10.9. The fourth-order valence-corrected chi connectivity index (χ4v) is 3.44. The lowest BCUT2D eigenvalue weighted by Crippen LogP contribution is -2.41. The highest BCUT2D eigenvalue weighted by atomic mass is 16.5. The lowest BCUT2D eigenvalue weighted by molar-refractivity contribution is 0.0845. The Morgan fingerprint density at radius 3 is 2.24 bits per heavy atom. The molecule has 0 fully saturated rings. The van der Waals surface area contributed by atoms with E-state index in [-0.39, 0.29) is 11.4 Å². The van der Waals surface area contributed by atoms with Gasteiger partial charge in [0, 0.05) is 17.3 Å². The molecule has 5 rings (SSSR count). The number of benzene rings is 3. The number of rotatable bonds is 7. The molecule has 0 unspecified atom stereocenters. The van der Waals surface area contributed by atoms with Crippen molar-refractivity contribution in [3.63, 3.8) is 0 Å².